The molecule has 0 fully saturated rings. The third-order valence-corrected chi connectivity index (χ3v) is 3.72. The zero-order valence-electron chi connectivity index (χ0n) is 12.3. The summed E-state index contributed by atoms with van der Waals surface area (Å²) in [4.78, 5) is 4.30. The molecule has 3 heteroatoms. The molecule has 3 rings (SSSR count). The topological polar surface area (TPSA) is 46.3 Å². The van der Waals surface area contributed by atoms with E-state index in [0.29, 0.717) is 11.5 Å². The van der Waals surface area contributed by atoms with Gasteiger partial charge in [0.15, 0.2) is 5.76 Å². The molecule has 106 valence electrons. The van der Waals surface area contributed by atoms with Gasteiger partial charge in [-0.15, -0.1) is 0 Å². The monoisotopic (exact) mass is 279 g/mol. The molecule has 0 radical (unpaired) electrons. The Bertz CT molecular complexity index is 803. The van der Waals surface area contributed by atoms with Crippen LogP contribution in [0.25, 0.3) is 22.8 Å². The molecule has 21 heavy (non-hydrogen) atoms. The summed E-state index contributed by atoms with van der Waals surface area (Å²) in [5, 5.41) is 9.89. The van der Waals surface area contributed by atoms with Crippen LogP contribution in [0.5, 0.6) is 5.75 Å². The zero-order valence-corrected chi connectivity index (χ0v) is 12.3. The normalized spacial score (nSPS) is 10.8. The Kier molecular flexibility index (Phi) is 3.26. The number of aromatic nitrogens is 1. The van der Waals surface area contributed by atoms with E-state index in [1.807, 2.05) is 6.07 Å². The Morgan fingerprint density at radius 1 is 1.00 bits per heavy atom. The summed E-state index contributed by atoms with van der Waals surface area (Å²) < 4.78 is 5.86. The van der Waals surface area contributed by atoms with E-state index in [0.717, 1.165) is 11.3 Å². The van der Waals surface area contributed by atoms with E-state index in [9.17, 15) is 5.11 Å². The summed E-state index contributed by atoms with van der Waals surface area (Å²) in [7, 11) is 0. The number of oxazole rings is 1. The number of benzene rings is 2. The lowest BCUT2D eigenvalue weighted by Gasteiger charge is -2.07. The molecule has 0 aliphatic heterocycles. The lowest BCUT2D eigenvalue weighted by atomic mass is 9.99. The fourth-order valence-electron chi connectivity index (χ4n) is 2.47. The summed E-state index contributed by atoms with van der Waals surface area (Å²) in [6, 6.07) is 11.3. The largest absolute Gasteiger partial charge is 0.507 e. The van der Waals surface area contributed by atoms with Crippen molar-refractivity contribution in [1.82, 2.24) is 4.98 Å². The molecular weight excluding hydrogens is 262 g/mol. The number of hydrogen-bond acceptors (Lipinski definition) is 3. The first-order chi connectivity index (χ1) is 10.1. The van der Waals surface area contributed by atoms with Crippen LogP contribution in [0.2, 0.25) is 0 Å². The van der Waals surface area contributed by atoms with Crippen LogP contribution < -0.4 is 0 Å². The molecule has 0 aliphatic carbocycles. The van der Waals surface area contributed by atoms with Gasteiger partial charge in [0.25, 0.3) is 0 Å². The van der Waals surface area contributed by atoms with Crippen LogP contribution in [0, 0.1) is 20.8 Å². The molecule has 1 aromatic heterocycles. The van der Waals surface area contributed by atoms with Crippen molar-refractivity contribution in [2.75, 3.05) is 0 Å². The molecule has 0 saturated heterocycles. The van der Waals surface area contributed by atoms with Crippen molar-refractivity contribution in [2.24, 2.45) is 0 Å². The minimum absolute atomic E-state index is 0.169. The average molecular weight is 279 g/mol. The van der Waals surface area contributed by atoms with Crippen LogP contribution in [-0.4, -0.2) is 10.1 Å². The summed E-state index contributed by atoms with van der Waals surface area (Å²) in [6.07, 6.45) is 1.71. The van der Waals surface area contributed by atoms with E-state index in [-0.39, 0.29) is 5.75 Å². The second-order valence-corrected chi connectivity index (χ2v) is 5.30. The predicted molar refractivity (Wildman–Crippen MR) is 83.3 cm³/mol. The number of rotatable bonds is 2. The maximum absolute atomic E-state index is 9.89. The van der Waals surface area contributed by atoms with Gasteiger partial charge < -0.3 is 9.52 Å². The summed E-state index contributed by atoms with van der Waals surface area (Å²) in [6.45, 7) is 6.23. The summed E-state index contributed by atoms with van der Waals surface area (Å²) >= 11 is 0. The first-order valence-electron chi connectivity index (χ1n) is 6.88. The molecule has 2 aromatic carbocycles. The van der Waals surface area contributed by atoms with Crippen molar-refractivity contribution < 1.29 is 9.52 Å². The second kappa shape index (κ2) is 5.09. The van der Waals surface area contributed by atoms with Gasteiger partial charge >= 0.3 is 0 Å². The van der Waals surface area contributed by atoms with Gasteiger partial charge in [-0.25, -0.2) is 4.98 Å². The number of para-hydroxylation sites is 1. The Labute approximate surface area is 123 Å². The molecule has 1 N–H and O–H groups in total. The van der Waals surface area contributed by atoms with E-state index in [1.165, 1.54) is 16.7 Å². The fourth-order valence-corrected chi connectivity index (χ4v) is 2.47. The zero-order chi connectivity index (χ0) is 15.0. The summed E-state index contributed by atoms with van der Waals surface area (Å²) in [5.74, 6) is 1.32. The second-order valence-electron chi connectivity index (χ2n) is 5.30. The highest BCUT2D eigenvalue weighted by molar-refractivity contribution is 5.68. The van der Waals surface area contributed by atoms with Gasteiger partial charge in [0.05, 0.1) is 11.8 Å². The van der Waals surface area contributed by atoms with Gasteiger partial charge in [-0.1, -0.05) is 23.8 Å². The van der Waals surface area contributed by atoms with Crippen molar-refractivity contribution in [3.8, 4) is 28.5 Å². The van der Waals surface area contributed by atoms with Crippen molar-refractivity contribution in [3.63, 3.8) is 0 Å². The Morgan fingerprint density at radius 2 is 1.76 bits per heavy atom. The molecule has 3 aromatic rings. The minimum Gasteiger partial charge on any atom is -0.507 e. The number of hydrogen-bond donors (Lipinski definition) is 1. The molecule has 0 aliphatic rings. The maximum Gasteiger partial charge on any atom is 0.230 e. The van der Waals surface area contributed by atoms with Gasteiger partial charge in [0.1, 0.15) is 5.75 Å². The fraction of sp³-hybridized carbons (Fsp3) is 0.167. The molecule has 0 bridgehead atoms. The van der Waals surface area contributed by atoms with Crippen molar-refractivity contribution in [1.29, 1.82) is 0 Å². The molecule has 0 atom stereocenters. The highest BCUT2D eigenvalue weighted by atomic mass is 16.4. The molecule has 0 saturated carbocycles. The number of nitrogens with zero attached hydrogens (tertiary/aromatic N) is 1. The van der Waals surface area contributed by atoms with Gasteiger partial charge in [-0.3, -0.25) is 0 Å². The molecule has 0 unspecified atom stereocenters. The minimum atomic E-state index is 0.169. The van der Waals surface area contributed by atoms with Crippen molar-refractivity contribution in [2.45, 2.75) is 20.8 Å². The van der Waals surface area contributed by atoms with Crippen LogP contribution in [0.1, 0.15) is 16.7 Å². The third-order valence-electron chi connectivity index (χ3n) is 3.72. The van der Waals surface area contributed by atoms with Crippen LogP contribution in [0.3, 0.4) is 0 Å². The van der Waals surface area contributed by atoms with Crippen LogP contribution in [-0.2, 0) is 0 Å². The lowest BCUT2D eigenvalue weighted by Crippen LogP contribution is -1.88. The first kappa shape index (κ1) is 13.4. The first-order valence-corrected chi connectivity index (χ1v) is 6.88. The number of phenols is 1. The molecule has 0 amide bonds. The smallest absolute Gasteiger partial charge is 0.230 e. The third kappa shape index (κ3) is 2.42. The molecular formula is C18H17NO2. The predicted octanol–water partition coefficient (Wildman–Crippen LogP) is 4.64. The van der Waals surface area contributed by atoms with Gasteiger partial charge in [-0.05, 0) is 50.1 Å². The summed E-state index contributed by atoms with van der Waals surface area (Å²) in [5.41, 5.74) is 5.24. The van der Waals surface area contributed by atoms with E-state index < -0.39 is 0 Å². The van der Waals surface area contributed by atoms with E-state index >= 15 is 0 Å². The molecule has 3 nitrogen and oxygen atoms in total. The lowest BCUT2D eigenvalue weighted by molar-refractivity contribution is 0.473. The highest BCUT2D eigenvalue weighted by Crippen LogP contribution is 2.33. The average Bonchev–Trinajstić information content (AvgIpc) is 2.92. The Hall–Kier alpha value is -2.55. The standard InChI is InChI=1S/C18H17NO2/c1-11-8-12(2)13(3)15(9-11)17-10-19-18(21-17)14-6-4-5-7-16(14)20/h4-10,20H,1-3H3. The van der Waals surface area contributed by atoms with Crippen molar-refractivity contribution in [3.05, 3.63) is 59.3 Å². The number of aryl methyl sites for hydroxylation is 2. The number of aromatic hydroxyl groups is 1. The van der Waals surface area contributed by atoms with E-state index in [2.05, 4.69) is 37.9 Å². The van der Waals surface area contributed by atoms with Crippen molar-refractivity contribution >= 4 is 0 Å². The molecule has 1 heterocycles. The van der Waals surface area contributed by atoms with E-state index in [4.69, 9.17) is 4.42 Å². The van der Waals surface area contributed by atoms with Gasteiger partial charge in [0, 0.05) is 5.56 Å². The quantitative estimate of drug-likeness (QED) is 0.743. The van der Waals surface area contributed by atoms with E-state index in [1.54, 1.807) is 24.4 Å². The SMILES string of the molecule is Cc1cc(C)c(C)c(-c2cnc(-c3ccccc3O)o2)c1. The van der Waals surface area contributed by atoms with Crippen LogP contribution >= 0.6 is 0 Å². The molecule has 0 spiro atoms. The maximum atomic E-state index is 9.89. The number of phenolic OH excluding ortho intramolecular Hbond substituents is 1. The highest BCUT2D eigenvalue weighted by Gasteiger charge is 2.14. The Balaban J connectivity index is 2.09. The van der Waals surface area contributed by atoms with Gasteiger partial charge in [0.2, 0.25) is 5.89 Å². The van der Waals surface area contributed by atoms with Gasteiger partial charge in [-0.2, -0.15) is 0 Å². The Morgan fingerprint density at radius 3 is 2.52 bits per heavy atom. The van der Waals surface area contributed by atoms with Crippen LogP contribution in [0.15, 0.2) is 47.0 Å². The van der Waals surface area contributed by atoms with Crippen LogP contribution in [0.4, 0.5) is 0 Å².